The molecule has 3 aromatic rings. The summed E-state index contributed by atoms with van der Waals surface area (Å²) in [5.41, 5.74) is 3.93. The number of anilines is 1. The number of fused-ring (bicyclic) bond motifs is 1. The number of hydrogen-bond acceptors (Lipinski definition) is 3. The molecule has 2 aromatic carbocycles. The zero-order valence-corrected chi connectivity index (χ0v) is 18.3. The van der Waals surface area contributed by atoms with E-state index in [9.17, 15) is 14.0 Å². The lowest BCUT2D eigenvalue weighted by Crippen LogP contribution is -2.44. The molecule has 1 N–H and O–H groups in total. The quantitative estimate of drug-likeness (QED) is 0.683. The molecule has 1 atom stereocenters. The summed E-state index contributed by atoms with van der Waals surface area (Å²) in [7, 11) is 1.90. The minimum absolute atomic E-state index is 0.0167. The number of amides is 2. The van der Waals surface area contributed by atoms with E-state index in [0.717, 1.165) is 28.9 Å². The van der Waals surface area contributed by atoms with Gasteiger partial charge in [0, 0.05) is 36.8 Å². The highest BCUT2D eigenvalue weighted by Gasteiger charge is 2.35. The van der Waals surface area contributed by atoms with Crippen LogP contribution in [-0.2, 0) is 16.6 Å². The molecule has 2 amide bonds. The smallest absolute Gasteiger partial charge is 0.247 e. The number of carbonyl (C=O) groups excluding carboxylic acids is 2. The maximum Gasteiger partial charge on any atom is 0.247 e. The second-order valence-electron chi connectivity index (χ2n) is 8.49. The molecule has 1 fully saturated rings. The van der Waals surface area contributed by atoms with E-state index in [1.807, 2.05) is 50.6 Å². The number of likely N-dealkylation sites (tertiary alicyclic amines) is 1. The lowest BCUT2D eigenvalue weighted by molar-refractivity contribution is -0.139. The number of benzene rings is 2. The second kappa shape index (κ2) is 8.13. The molecule has 4 rings (SSSR count). The van der Waals surface area contributed by atoms with Gasteiger partial charge in [0.15, 0.2) is 0 Å². The molecule has 0 saturated carbocycles. The lowest BCUT2D eigenvalue weighted by atomic mass is 10.1. The van der Waals surface area contributed by atoms with Gasteiger partial charge in [-0.1, -0.05) is 13.8 Å². The van der Waals surface area contributed by atoms with E-state index in [0.29, 0.717) is 24.2 Å². The topological polar surface area (TPSA) is 67.2 Å². The predicted molar refractivity (Wildman–Crippen MR) is 119 cm³/mol. The van der Waals surface area contributed by atoms with Crippen LogP contribution in [0.2, 0.25) is 0 Å². The third-order valence-electron chi connectivity index (χ3n) is 5.92. The molecule has 31 heavy (non-hydrogen) atoms. The number of aryl methyl sites for hydroxylation is 2. The molecular formula is C24H27FN4O2. The van der Waals surface area contributed by atoms with Crippen molar-refractivity contribution < 1.29 is 14.0 Å². The number of nitrogens with zero attached hydrogens (tertiary/aromatic N) is 3. The number of carbonyl (C=O) groups is 2. The molecule has 0 aliphatic carbocycles. The third-order valence-corrected chi connectivity index (χ3v) is 5.92. The van der Waals surface area contributed by atoms with Gasteiger partial charge in [0.2, 0.25) is 11.8 Å². The Kier molecular flexibility index (Phi) is 5.52. The van der Waals surface area contributed by atoms with Crippen LogP contribution in [0.3, 0.4) is 0 Å². The molecule has 162 valence electrons. The summed E-state index contributed by atoms with van der Waals surface area (Å²) in [6.45, 7) is 6.26. The summed E-state index contributed by atoms with van der Waals surface area (Å²) < 4.78 is 15.5. The van der Waals surface area contributed by atoms with Crippen molar-refractivity contribution in [3.63, 3.8) is 0 Å². The number of aromatic nitrogens is 2. The molecule has 1 unspecified atom stereocenters. The maximum absolute atomic E-state index is 13.6. The molecule has 0 spiro atoms. The standard InChI is InChI=1S/C24H27FN4O2/c1-14(2)24(31)29-11-5-6-21(29)23(30)27-18-9-7-16(12-15(18)3)22-26-19-13-17(25)8-10-20(19)28(22)4/h7-10,12-14,21H,5-6,11H2,1-4H3,(H,27,30). The van der Waals surface area contributed by atoms with Gasteiger partial charge in [-0.15, -0.1) is 0 Å². The van der Waals surface area contributed by atoms with E-state index in [2.05, 4.69) is 10.3 Å². The van der Waals surface area contributed by atoms with Gasteiger partial charge in [-0.3, -0.25) is 9.59 Å². The molecule has 0 bridgehead atoms. The molecule has 1 aliphatic rings. The Bertz CT molecular complexity index is 1170. The Morgan fingerprint density at radius 1 is 1.19 bits per heavy atom. The van der Waals surface area contributed by atoms with Crippen LogP contribution >= 0.6 is 0 Å². The van der Waals surface area contributed by atoms with Gasteiger partial charge in [0.1, 0.15) is 17.7 Å². The summed E-state index contributed by atoms with van der Waals surface area (Å²) in [5, 5.41) is 2.99. The largest absolute Gasteiger partial charge is 0.330 e. The molecular weight excluding hydrogens is 395 g/mol. The van der Waals surface area contributed by atoms with E-state index < -0.39 is 6.04 Å². The fourth-order valence-electron chi connectivity index (χ4n) is 4.22. The van der Waals surface area contributed by atoms with E-state index in [1.54, 1.807) is 11.0 Å². The molecule has 7 heteroatoms. The molecule has 1 aromatic heterocycles. The summed E-state index contributed by atoms with van der Waals surface area (Å²) >= 11 is 0. The SMILES string of the molecule is Cc1cc(-c2nc3cc(F)ccc3n2C)ccc1NC(=O)C1CCCN1C(=O)C(C)C. The number of nitrogens with one attached hydrogen (secondary N) is 1. The van der Waals surface area contributed by atoms with Crippen LogP contribution in [0.1, 0.15) is 32.3 Å². The van der Waals surface area contributed by atoms with E-state index >= 15 is 0 Å². The van der Waals surface area contributed by atoms with Crippen molar-refractivity contribution >= 4 is 28.5 Å². The summed E-state index contributed by atoms with van der Waals surface area (Å²) in [6.07, 6.45) is 1.51. The van der Waals surface area contributed by atoms with Crippen LogP contribution in [0.4, 0.5) is 10.1 Å². The first-order valence-corrected chi connectivity index (χ1v) is 10.6. The number of halogens is 1. The molecule has 1 saturated heterocycles. The van der Waals surface area contributed by atoms with Crippen molar-refractivity contribution in [1.82, 2.24) is 14.5 Å². The molecule has 0 radical (unpaired) electrons. The number of imidazole rings is 1. The zero-order valence-electron chi connectivity index (χ0n) is 18.3. The molecule has 1 aliphatic heterocycles. The van der Waals surface area contributed by atoms with Crippen LogP contribution in [-0.4, -0.2) is 38.9 Å². The molecule has 2 heterocycles. The monoisotopic (exact) mass is 422 g/mol. The highest BCUT2D eigenvalue weighted by Crippen LogP contribution is 2.28. The van der Waals surface area contributed by atoms with E-state index in [4.69, 9.17) is 0 Å². The average molecular weight is 423 g/mol. The van der Waals surface area contributed by atoms with Gasteiger partial charge >= 0.3 is 0 Å². The third kappa shape index (κ3) is 3.92. The zero-order chi connectivity index (χ0) is 22.3. The normalized spacial score (nSPS) is 16.3. The predicted octanol–water partition coefficient (Wildman–Crippen LogP) is 4.27. The van der Waals surface area contributed by atoms with Crippen LogP contribution < -0.4 is 5.32 Å². The van der Waals surface area contributed by atoms with Gasteiger partial charge < -0.3 is 14.8 Å². The minimum Gasteiger partial charge on any atom is -0.330 e. The summed E-state index contributed by atoms with van der Waals surface area (Å²) in [4.78, 5) is 31.6. The highest BCUT2D eigenvalue weighted by molar-refractivity contribution is 5.98. The van der Waals surface area contributed by atoms with Gasteiger partial charge in [-0.05, 0) is 55.7 Å². The average Bonchev–Trinajstić information content (AvgIpc) is 3.33. The summed E-state index contributed by atoms with van der Waals surface area (Å²) in [6, 6.07) is 9.84. The first-order chi connectivity index (χ1) is 14.8. The first kappa shape index (κ1) is 21.0. The Morgan fingerprint density at radius 2 is 1.97 bits per heavy atom. The van der Waals surface area contributed by atoms with Crippen LogP contribution in [0.25, 0.3) is 22.4 Å². The highest BCUT2D eigenvalue weighted by atomic mass is 19.1. The lowest BCUT2D eigenvalue weighted by Gasteiger charge is -2.26. The van der Waals surface area contributed by atoms with Crippen molar-refractivity contribution in [1.29, 1.82) is 0 Å². The van der Waals surface area contributed by atoms with Gasteiger partial charge in [-0.2, -0.15) is 0 Å². The van der Waals surface area contributed by atoms with Crippen LogP contribution in [0.15, 0.2) is 36.4 Å². The van der Waals surface area contributed by atoms with Gasteiger partial charge in [-0.25, -0.2) is 9.37 Å². The Balaban J connectivity index is 1.56. The number of rotatable bonds is 4. The van der Waals surface area contributed by atoms with Crippen molar-refractivity contribution in [2.45, 2.75) is 39.7 Å². The van der Waals surface area contributed by atoms with Gasteiger partial charge in [0.05, 0.1) is 11.0 Å². The Morgan fingerprint density at radius 3 is 2.68 bits per heavy atom. The van der Waals surface area contributed by atoms with Crippen molar-refractivity contribution in [3.05, 3.63) is 47.8 Å². The minimum atomic E-state index is -0.427. The molecule has 6 nitrogen and oxygen atoms in total. The second-order valence-corrected chi connectivity index (χ2v) is 8.49. The Hall–Kier alpha value is -3.22. The van der Waals surface area contributed by atoms with Crippen molar-refractivity contribution in [2.24, 2.45) is 13.0 Å². The Labute approximate surface area is 181 Å². The fraction of sp³-hybridized carbons (Fsp3) is 0.375. The summed E-state index contributed by atoms with van der Waals surface area (Å²) in [5.74, 6) is 0.147. The van der Waals surface area contributed by atoms with Crippen molar-refractivity contribution in [3.8, 4) is 11.4 Å². The van der Waals surface area contributed by atoms with Crippen LogP contribution in [0, 0.1) is 18.7 Å². The first-order valence-electron chi connectivity index (χ1n) is 10.6. The van der Waals surface area contributed by atoms with Crippen molar-refractivity contribution in [2.75, 3.05) is 11.9 Å². The number of hydrogen-bond donors (Lipinski definition) is 1. The maximum atomic E-state index is 13.6. The van der Waals surface area contributed by atoms with Gasteiger partial charge in [0.25, 0.3) is 0 Å². The van der Waals surface area contributed by atoms with Crippen LogP contribution in [0.5, 0.6) is 0 Å². The van der Waals surface area contributed by atoms with E-state index in [1.165, 1.54) is 12.1 Å². The fourth-order valence-corrected chi connectivity index (χ4v) is 4.22. The van der Waals surface area contributed by atoms with E-state index in [-0.39, 0.29) is 23.5 Å².